The van der Waals surface area contributed by atoms with Gasteiger partial charge in [0.2, 0.25) is 0 Å². The van der Waals surface area contributed by atoms with Crippen LogP contribution in [0.5, 0.6) is 0 Å². The quantitative estimate of drug-likeness (QED) is 0.860. The summed E-state index contributed by atoms with van der Waals surface area (Å²) in [5, 5.41) is 0. The van der Waals surface area contributed by atoms with Gasteiger partial charge in [-0.15, -0.1) is 0 Å². The van der Waals surface area contributed by atoms with E-state index in [9.17, 15) is 0 Å². The minimum Gasteiger partial charge on any atom is -0.384 e. The smallest absolute Gasteiger partial charge is 0.123 e. The zero-order chi connectivity index (χ0) is 13.0. The molecule has 1 heterocycles. The minimum absolute atomic E-state index is 0.265. The average Bonchev–Trinajstić information content (AvgIpc) is 2.39. The van der Waals surface area contributed by atoms with Crippen molar-refractivity contribution in [2.24, 2.45) is 17.6 Å². The molecule has 1 aliphatic rings. The highest BCUT2D eigenvalue weighted by Crippen LogP contribution is 2.33. The fraction of sp³-hybridized carbons (Fsp3) is 0.667. The number of hydrogen-bond acceptors (Lipinski definition) is 3. The highest BCUT2D eigenvalue weighted by atomic mass is 14.8. The van der Waals surface area contributed by atoms with Crippen molar-refractivity contribution in [1.29, 1.82) is 0 Å². The number of aromatic nitrogens is 1. The maximum absolute atomic E-state index is 6.39. The molecule has 18 heavy (non-hydrogen) atoms. The lowest BCUT2D eigenvalue weighted by molar-refractivity contribution is 0.228. The molecule has 4 N–H and O–H groups in total. The van der Waals surface area contributed by atoms with Crippen LogP contribution in [0.2, 0.25) is 0 Å². The normalized spacial score (nSPS) is 25.9. The molecule has 1 fully saturated rings. The van der Waals surface area contributed by atoms with Gasteiger partial charge in [-0.3, -0.25) is 0 Å². The molecule has 1 aromatic rings. The molecule has 2 rings (SSSR count). The molecule has 3 nitrogen and oxygen atoms in total. The number of rotatable bonds is 4. The van der Waals surface area contributed by atoms with Crippen LogP contribution in [0, 0.1) is 11.8 Å². The Bertz CT molecular complexity index is 378. The van der Waals surface area contributed by atoms with Gasteiger partial charge in [0, 0.05) is 12.2 Å². The van der Waals surface area contributed by atoms with Crippen molar-refractivity contribution >= 4 is 5.82 Å². The summed E-state index contributed by atoms with van der Waals surface area (Å²) in [6.07, 6.45) is 9.32. The zero-order valence-corrected chi connectivity index (χ0v) is 11.3. The lowest BCUT2D eigenvalue weighted by Crippen LogP contribution is -2.35. The predicted molar refractivity (Wildman–Crippen MR) is 76.1 cm³/mol. The van der Waals surface area contributed by atoms with Crippen LogP contribution in [0.3, 0.4) is 0 Å². The summed E-state index contributed by atoms with van der Waals surface area (Å²) < 4.78 is 0. The number of nitrogens with zero attached hydrogens (tertiary/aromatic N) is 1. The predicted octanol–water partition coefficient (Wildman–Crippen LogP) is 2.75. The van der Waals surface area contributed by atoms with Crippen LogP contribution >= 0.6 is 0 Å². The second-order valence-electron chi connectivity index (χ2n) is 5.66. The molecule has 100 valence electrons. The maximum atomic E-state index is 6.39. The Balaban J connectivity index is 1.93. The van der Waals surface area contributed by atoms with Crippen LogP contribution in [0.1, 0.15) is 44.6 Å². The Morgan fingerprint density at radius 3 is 3.00 bits per heavy atom. The third-order valence-corrected chi connectivity index (χ3v) is 4.32. The molecule has 0 saturated heterocycles. The van der Waals surface area contributed by atoms with E-state index >= 15 is 0 Å². The van der Waals surface area contributed by atoms with Gasteiger partial charge in [-0.05, 0) is 48.8 Å². The first-order valence-electron chi connectivity index (χ1n) is 7.15. The van der Waals surface area contributed by atoms with E-state index in [0.717, 1.165) is 12.3 Å². The van der Waals surface area contributed by atoms with Gasteiger partial charge >= 0.3 is 0 Å². The molecule has 0 amide bonds. The standard InChI is InChI=1S/C15H25N3/c1-2-11-4-3-5-13(8-11)14(16)9-12-6-7-18-15(17)10-12/h6-7,10-11,13-14H,2-5,8-9,16H2,1H3,(H2,17,18). The number of anilines is 1. The van der Waals surface area contributed by atoms with Crippen LogP contribution in [-0.4, -0.2) is 11.0 Å². The Morgan fingerprint density at radius 2 is 2.28 bits per heavy atom. The van der Waals surface area contributed by atoms with E-state index in [4.69, 9.17) is 11.5 Å². The molecule has 0 radical (unpaired) electrons. The fourth-order valence-corrected chi connectivity index (χ4v) is 3.15. The van der Waals surface area contributed by atoms with Crippen molar-refractivity contribution in [3.05, 3.63) is 23.9 Å². The van der Waals surface area contributed by atoms with Gasteiger partial charge in [0.15, 0.2) is 0 Å². The largest absolute Gasteiger partial charge is 0.384 e. The average molecular weight is 247 g/mol. The monoisotopic (exact) mass is 247 g/mol. The molecule has 3 unspecified atom stereocenters. The zero-order valence-electron chi connectivity index (χ0n) is 11.3. The van der Waals surface area contributed by atoms with Crippen molar-refractivity contribution in [3.8, 4) is 0 Å². The number of nitrogen functional groups attached to an aromatic ring is 1. The topological polar surface area (TPSA) is 64.9 Å². The fourth-order valence-electron chi connectivity index (χ4n) is 3.15. The summed E-state index contributed by atoms with van der Waals surface area (Å²) in [4.78, 5) is 4.02. The van der Waals surface area contributed by atoms with Crippen LogP contribution in [0.4, 0.5) is 5.82 Å². The van der Waals surface area contributed by atoms with E-state index in [1.807, 2.05) is 12.1 Å². The van der Waals surface area contributed by atoms with Crippen molar-refractivity contribution in [2.45, 2.75) is 51.5 Å². The van der Waals surface area contributed by atoms with Crippen LogP contribution in [0.25, 0.3) is 0 Å². The first kappa shape index (κ1) is 13.3. The third kappa shape index (κ3) is 3.45. The van der Waals surface area contributed by atoms with Crippen molar-refractivity contribution < 1.29 is 0 Å². The lowest BCUT2D eigenvalue weighted by atomic mass is 9.76. The van der Waals surface area contributed by atoms with E-state index in [2.05, 4.69) is 11.9 Å². The van der Waals surface area contributed by atoms with Gasteiger partial charge in [-0.1, -0.05) is 26.2 Å². The van der Waals surface area contributed by atoms with Crippen molar-refractivity contribution in [1.82, 2.24) is 4.98 Å². The van der Waals surface area contributed by atoms with Gasteiger partial charge in [-0.25, -0.2) is 4.98 Å². The summed E-state index contributed by atoms with van der Waals surface area (Å²) in [5.74, 6) is 2.16. The highest BCUT2D eigenvalue weighted by molar-refractivity contribution is 5.32. The number of pyridine rings is 1. The van der Waals surface area contributed by atoms with Gasteiger partial charge < -0.3 is 11.5 Å². The Hall–Kier alpha value is -1.09. The first-order valence-corrected chi connectivity index (χ1v) is 7.15. The van der Waals surface area contributed by atoms with Crippen molar-refractivity contribution in [3.63, 3.8) is 0 Å². The summed E-state index contributed by atoms with van der Waals surface area (Å²) in [6, 6.07) is 4.23. The second-order valence-corrected chi connectivity index (χ2v) is 5.66. The highest BCUT2D eigenvalue weighted by Gasteiger charge is 2.25. The van der Waals surface area contributed by atoms with E-state index in [0.29, 0.717) is 11.7 Å². The molecular formula is C15H25N3. The summed E-state index contributed by atoms with van der Waals surface area (Å²) in [5.41, 5.74) is 13.3. The molecule has 3 heteroatoms. The van der Waals surface area contributed by atoms with E-state index in [1.165, 1.54) is 37.7 Å². The van der Waals surface area contributed by atoms with Gasteiger partial charge in [-0.2, -0.15) is 0 Å². The molecule has 0 bridgehead atoms. The van der Waals surface area contributed by atoms with E-state index in [1.54, 1.807) is 6.20 Å². The van der Waals surface area contributed by atoms with E-state index < -0.39 is 0 Å². The second kappa shape index (κ2) is 6.19. The molecule has 1 aliphatic carbocycles. The first-order chi connectivity index (χ1) is 8.69. The summed E-state index contributed by atoms with van der Waals surface area (Å²) >= 11 is 0. The Morgan fingerprint density at radius 1 is 1.44 bits per heavy atom. The maximum Gasteiger partial charge on any atom is 0.123 e. The molecule has 0 aromatic carbocycles. The van der Waals surface area contributed by atoms with Crippen LogP contribution < -0.4 is 11.5 Å². The summed E-state index contributed by atoms with van der Waals surface area (Å²) in [6.45, 7) is 2.29. The third-order valence-electron chi connectivity index (χ3n) is 4.32. The number of nitrogens with two attached hydrogens (primary N) is 2. The molecule has 0 aliphatic heterocycles. The van der Waals surface area contributed by atoms with E-state index in [-0.39, 0.29) is 6.04 Å². The van der Waals surface area contributed by atoms with Crippen molar-refractivity contribution in [2.75, 3.05) is 5.73 Å². The molecule has 1 saturated carbocycles. The minimum atomic E-state index is 0.265. The molecular weight excluding hydrogens is 222 g/mol. The number of hydrogen-bond donors (Lipinski definition) is 2. The molecule has 0 spiro atoms. The summed E-state index contributed by atoms with van der Waals surface area (Å²) in [7, 11) is 0. The molecule has 1 aromatic heterocycles. The van der Waals surface area contributed by atoms with Crippen LogP contribution in [0.15, 0.2) is 18.3 Å². The van der Waals surface area contributed by atoms with Gasteiger partial charge in [0.25, 0.3) is 0 Å². The van der Waals surface area contributed by atoms with Gasteiger partial charge in [0.1, 0.15) is 5.82 Å². The Kier molecular flexibility index (Phi) is 4.59. The SMILES string of the molecule is CCC1CCCC(C(N)Cc2ccnc(N)c2)C1. The Labute approximate surface area is 110 Å². The lowest BCUT2D eigenvalue weighted by Gasteiger charge is -2.32. The van der Waals surface area contributed by atoms with Crippen LogP contribution in [-0.2, 0) is 6.42 Å². The van der Waals surface area contributed by atoms with Gasteiger partial charge in [0.05, 0.1) is 0 Å². The molecule has 3 atom stereocenters.